The van der Waals surface area contributed by atoms with Gasteiger partial charge >= 0.3 is 5.97 Å². The summed E-state index contributed by atoms with van der Waals surface area (Å²) in [4.78, 5) is 12.7. The van der Waals surface area contributed by atoms with Gasteiger partial charge in [0.25, 0.3) is 0 Å². The number of ether oxygens (including phenoxy) is 2. The number of rotatable bonds is 6. The van der Waals surface area contributed by atoms with Gasteiger partial charge in [0.2, 0.25) is 0 Å². The number of aliphatic hydroxyl groups excluding tert-OH is 1. The van der Waals surface area contributed by atoms with E-state index in [1.807, 2.05) is 37.3 Å². The van der Waals surface area contributed by atoms with Gasteiger partial charge in [-0.3, -0.25) is 0 Å². The zero-order valence-corrected chi connectivity index (χ0v) is 14.7. The lowest BCUT2D eigenvalue weighted by atomic mass is 10.1. The molecule has 0 amide bonds. The summed E-state index contributed by atoms with van der Waals surface area (Å²) in [6, 6.07) is 12.9. The van der Waals surface area contributed by atoms with E-state index in [0.29, 0.717) is 11.4 Å². The average molecular weight is 347 g/mol. The molecule has 128 valence electrons. The SMILES string of the molecule is COC(=O)[C@@H](O)[C@H](Sc1cccc(C)c1N)c1ccc(OC)cc1. The maximum Gasteiger partial charge on any atom is 0.336 e. The number of methoxy groups -OCH3 is 2. The number of aliphatic hydroxyl groups is 1. The fourth-order valence-corrected chi connectivity index (χ4v) is 3.50. The van der Waals surface area contributed by atoms with Crippen LogP contribution in [0.1, 0.15) is 16.4 Å². The van der Waals surface area contributed by atoms with Crippen LogP contribution in [0.15, 0.2) is 47.4 Å². The van der Waals surface area contributed by atoms with Gasteiger partial charge in [-0.05, 0) is 36.2 Å². The highest BCUT2D eigenvalue weighted by Gasteiger charge is 2.30. The Balaban J connectivity index is 2.38. The Morgan fingerprint density at radius 1 is 1.17 bits per heavy atom. The third-order valence-corrected chi connectivity index (χ3v) is 5.11. The monoisotopic (exact) mass is 347 g/mol. The van der Waals surface area contributed by atoms with Crippen molar-refractivity contribution in [3.8, 4) is 5.75 Å². The molecule has 0 saturated carbocycles. The summed E-state index contributed by atoms with van der Waals surface area (Å²) in [5, 5.41) is 9.86. The van der Waals surface area contributed by atoms with Gasteiger partial charge in [-0.15, -0.1) is 11.8 Å². The number of hydrogen-bond donors (Lipinski definition) is 2. The fourth-order valence-electron chi connectivity index (χ4n) is 2.25. The second kappa shape index (κ2) is 8.08. The van der Waals surface area contributed by atoms with E-state index in [1.165, 1.54) is 18.9 Å². The van der Waals surface area contributed by atoms with Crippen molar-refractivity contribution in [2.45, 2.75) is 23.2 Å². The molecular formula is C18H21NO4S. The third kappa shape index (κ3) is 4.01. The number of carbonyl (C=O) groups is 1. The maximum atomic E-state index is 11.9. The molecule has 0 aliphatic heterocycles. The van der Waals surface area contributed by atoms with Gasteiger partial charge in [-0.25, -0.2) is 4.79 Å². The van der Waals surface area contributed by atoms with Crippen LogP contribution in [0.2, 0.25) is 0 Å². The number of para-hydroxylation sites is 1. The molecule has 6 heteroatoms. The lowest BCUT2D eigenvalue weighted by molar-refractivity contribution is -0.150. The number of hydrogen-bond acceptors (Lipinski definition) is 6. The molecule has 0 spiro atoms. The van der Waals surface area contributed by atoms with Gasteiger partial charge in [-0.1, -0.05) is 24.3 Å². The molecule has 0 fully saturated rings. The molecule has 0 saturated heterocycles. The molecule has 0 unspecified atom stereocenters. The summed E-state index contributed by atoms with van der Waals surface area (Å²) in [5.74, 6) is 0.0136. The van der Waals surface area contributed by atoms with Crippen LogP contribution in [0.5, 0.6) is 5.75 Å². The molecule has 0 radical (unpaired) electrons. The number of esters is 1. The Morgan fingerprint density at radius 2 is 1.83 bits per heavy atom. The predicted octanol–water partition coefficient (Wildman–Crippen LogP) is 2.95. The van der Waals surface area contributed by atoms with Gasteiger partial charge in [-0.2, -0.15) is 0 Å². The molecule has 0 aliphatic rings. The van der Waals surface area contributed by atoms with E-state index < -0.39 is 17.3 Å². The highest BCUT2D eigenvalue weighted by atomic mass is 32.2. The van der Waals surface area contributed by atoms with Crippen LogP contribution >= 0.6 is 11.8 Å². The second-order valence-corrected chi connectivity index (χ2v) is 6.45. The quantitative estimate of drug-likeness (QED) is 0.475. The summed E-state index contributed by atoms with van der Waals surface area (Å²) in [6.45, 7) is 1.92. The number of nitrogens with two attached hydrogens (primary N) is 1. The van der Waals surface area contributed by atoms with Crippen LogP contribution in [0, 0.1) is 6.92 Å². The molecule has 0 aromatic heterocycles. The first-order valence-electron chi connectivity index (χ1n) is 7.39. The number of benzene rings is 2. The molecule has 0 bridgehead atoms. The van der Waals surface area contributed by atoms with Crippen LogP contribution in [-0.2, 0) is 9.53 Å². The Labute approximate surface area is 145 Å². The average Bonchev–Trinajstić information content (AvgIpc) is 2.62. The van der Waals surface area contributed by atoms with E-state index in [-0.39, 0.29) is 0 Å². The normalized spacial score (nSPS) is 13.2. The van der Waals surface area contributed by atoms with Crippen LogP contribution < -0.4 is 10.5 Å². The smallest absolute Gasteiger partial charge is 0.336 e. The van der Waals surface area contributed by atoms with Crippen molar-refractivity contribution >= 4 is 23.4 Å². The third-order valence-electron chi connectivity index (χ3n) is 3.71. The van der Waals surface area contributed by atoms with E-state index >= 15 is 0 Å². The summed E-state index contributed by atoms with van der Waals surface area (Å²) in [7, 11) is 2.83. The van der Waals surface area contributed by atoms with Gasteiger partial charge in [0.05, 0.1) is 19.5 Å². The van der Waals surface area contributed by atoms with Crippen molar-refractivity contribution in [3.05, 3.63) is 53.6 Å². The lowest BCUT2D eigenvalue weighted by Crippen LogP contribution is -2.27. The van der Waals surface area contributed by atoms with Crippen molar-refractivity contribution in [2.24, 2.45) is 0 Å². The van der Waals surface area contributed by atoms with E-state index in [2.05, 4.69) is 0 Å². The zero-order chi connectivity index (χ0) is 17.7. The summed E-state index contributed by atoms with van der Waals surface area (Å²) in [5.41, 5.74) is 8.48. The summed E-state index contributed by atoms with van der Waals surface area (Å²) >= 11 is 1.33. The van der Waals surface area contributed by atoms with Crippen molar-refractivity contribution in [2.75, 3.05) is 20.0 Å². The van der Waals surface area contributed by atoms with Gasteiger partial charge in [0.15, 0.2) is 6.10 Å². The molecule has 3 N–H and O–H groups in total. The molecular weight excluding hydrogens is 326 g/mol. The molecule has 0 heterocycles. The van der Waals surface area contributed by atoms with Crippen molar-refractivity contribution < 1.29 is 19.4 Å². The van der Waals surface area contributed by atoms with Gasteiger partial charge < -0.3 is 20.3 Å². The molecule has 2 aromatic carbocycles. The van der Waals surface area contributed by atoms with Crippen molar-refractivity contribution in [3.63, 3.8) is 0 Å². The van der Waals surface area contributed by atoms with Crippen LogP contribution in [0.4, 0.5) is 5.69 Å². The van der Waals surface area contributed by atoms with Crippen molar-refractivity contribution in [1.82, 2.24) is 0 Å². The van der Waals surface area contributed by atoms with Gasteiger partial charge in [0.1, 0.15) is 5.75 Å². The Hall–Kier alpha value is -2.18. The first kappa shape index (κ1) is 18.2. The second-order valence-electron chi connectivity index (χ2n) is 5.27. The van der Waals surface area contributed by atoms with E-state index in [0.717, 1.165) is 16.0 Å². The molecule has 2 aromatic rings. The number of thioether (sulfide) groups is 1. The number of anilines is 1. The number of nitrogen functional groups attached to an aromatic ring is 1. The van der Waals surface area contributed by atoms with Crippen LogP contribution in [0.3, 0.4) is 0 Å². The fraction of sp³-hybridized carbons (Fsp3) is 0.278. The van der Waals surface area contributed by atoms with Gasteiger partial charge in [0, 0.05) is 10.6 Å². The van der Waals surface area contributed by atoms with E-state index in [4.69, 9.17) is 15.2 Å². The number of aryl methyl sites for hydroxylation is 1. The highest BCUT2D eigenvalue weighted by molar-refractivity contribution is 7.99. The number of carbonyl (C=O) groups excluding carboxylic acids is 1. The highest BCUT2D eigenvalue weighted by Crippen LogP contribution is 2.41. The minimum Gasteiger partial charge on any atom is -0.497 e. The summed E-state index contributed by atoms with van der Waals surface area (Å²) < 4.78 is 9.84. The zero-order valence-electron chi connectivity index (χ0n) is 13.9. The molecule has 24 heavy (non-hydrogen) atoms. The molecule has 2 rings (SSSR count). The van der Waals surface area contributed by atoms with E-state index in [1.54, 1.807) is 19.2 Å². The minimum absolute atomic E-state index is 0.549. The Bertz CT molecular complexity index is 703. The lowest BCUT2D eigenvalue weighted by Gasteiger charge is -2.22. The molecule has 5 nitrogen and oxygen atoms in total. The minimum atomic E-state index is -1.31. The van der Waals surface area contributed by atoms with Crippen molar-refractivity contribution in [1.29, 1.82) is 0 Å². The largest absolute Gasteiger partial charge is 0.497 e. The molecule has 2 atom stereocenters. The van der Waals surface area contributed by atoms with E-state index in [9.17, 15) is 9.90 Å². The topological polar surface area (TPSA) is 81.8 Å². The summed E-state index contributed by atoms with van der Waals surface area (Å²) in [6.07, 6.45) is -1.31. The van der Waals surface area contributed by atoms with Crippen LogP contribution in [0.25, 0.3) is 0 Å². The Kier molecular flexibility index (Phi) is 6.11. The predicted molar refractivity (Wildman–Crippen MR) is 95.2 cm³/mol. The Morgan fingerprint density at radius 3 is 2.42 bits per heavy atom. The maximum absolute atomic E-state index is 11.9. The first-order chi connectivity index (χ1) is 11.5. The molecule has 0 aliphatic carbocycles. The standard InChI is InChI=1S/C18H21NO4S/c1-11-5-4-6-14(15(11)19)24-17(16(20)18(21)23-3)12-7-9-13(22-2)10-8-12/h4-10,16-17,20H,19H2,1-3H3/t16-,17+/m0/s1. The first-order valence-corrected chi connectivity index (χ1v) is 8.27. The van der Waals surface area contributed by atoms with Crippen LogP contribution in [-0.4, -0.2) is 31.4 Å².